The van der Waals surface area contributed by atoms with Gasteiger partial charge in [0.2, 0.25) is 0 Å². The summed E-state index contributed by atoms with van der Waals surface area (Å²) in [4.78, 5) is 15.7. The molecule has 18 heavy (non-hydrogen) atoms. The van der Waals surface area contributed by atoms with Crippen LogP contribution in [-0.2, 0) is 4.74 Å². The van der Waals surface area contributed by atoms with Crippen molar-refractivity contribution in [2.24, 2.45) is 0 Å². The number of thiazole rings is 1. The lowest BCUT2D eigenvalue weighted by Crippen LogP contribution is -2.07. The Morgan fingerprint density at radius 1 is 1.56 bits per heavy atom. The van der Waals surface area contributed by atoms with Crippen LogP contribution in [0.5, 0.6) is 0 Å². The second kappa shape index (κ2) is 5.97. The van der Waals surface area contributed by atoms with Crippen molar-refractivity contribution >= 4 is 43.9 Å². The Balaban J connectivity index is 2.20. The summed E-state index contributed by atoms with van der Waals surface area (Å²) in [5, 5.41) is 3.84. The van der Waals surface area contributed by atoms with Crippen LogP contribution in [0.15, 0.2) is 34.2 Å². The predicted molar refractivity (Wildman–Crippen MR) is 75.5 cm³/mol. The van der Waals surface area contributed by atoms with Gasteiger partial charge >= 0.3 is 5.97 Å². The van der Waals surface area contributed by atoms with E-state index < -0.39 is 5.97 Å². The number of hydrogen-bond donors (Lipinski definition) is 1. The maximum atomic E-state index is 11.7. The Hall–Kier alpha value is -1.40. The Labute approximate surface area is 117 Å². The first-order valence-corrected chi connectivity index (χ1v) is 7.01. The van der Waals surface area contributed by atoms with Crippen molar-refractivity contribution < 1.29 is 9.53 Å². The van der Waals surface area contributed by atoms with Gasteiger partial charge in [-0.25, -0.2) is 9.78 Å². The highest BCUT2D eigenvalue weighted by atomic mass is 79.9. The van der Waals surface area contributed by atoms with E-state index in [9.17, 15) is 4.79 Å². The number of benzene rings is 1. The van der Waals surface area contributed by atoms with Crippen LogP contribution in [0.1, 0.15) is 17.4 Å². The lowest BCUT2D eigenvalue weighted by molar-refractivity contribution is 0.0521. The summed E-state index contributed by atoms with van der Waals surface area (Å²) in [6.45, 7) is 2.11. The average Bonchev–Trinajstić information content (AvgIpc) is 2.77. The fourth-order valence-electron chi connectivity index (χ4n) is 1.38. The number of nitrogens with zero attached hydrogens (tertiary/aromatic N) is 1. The van der Waals surface area contributed by atoms with Crippen molar-refractivity contribution in [2.75, 3.05) is 11.9 Å². The molecule has 0 fully saturated rings. The number of ether oxygens (including phenoxy) is 1. The van der Waals surface area contributed by atoms with Gasteiger partial charge in [-0.1, -0.05) is 22.0 Å². The molecule has 0 atom stereocenters. The van der Waals surface area contributed by atoms with Crippen LogP contribution in [-0.4, -0.2) is 17.6 Å². The van der Waals surface area contributed by atoms with Crippen molar-refractivity contribution in [2.45, 2.75) is 6.92 Å². The minimum Gasteiger partial charge on any atom is -0.461 e. The highest BCUT2D eigenvalue weighted by Crippen LogP contribution is 2.26. The first kappa shape index (κ1) is 13.0. The van der Waals surface area contributed by atoms with Crippen molar-refractivity contribution in [3.05, 3.63) is 39.9 Å². The molecule has 1 aromatic heterocycles. The van der Waals surface area contributed by atoms with Crippen LogP contribution in [0.3, 0.4) is 0 Å². The van der Waals surface area contributed by atoms with Crippen molar-refractivity contribution in [1.29, 1.82) is 0 Å². The van der Waals surface area contributed by atoms with Gasteiger partial charge in [0, 0.05) is 10.2 Å². The van der Waals surface area contributed by atoms with E-state index >= 15 is 0 Å². The van der Waals surface area contributed by atoms with Crippen LogP contribution < -0.4 is 5.32 Å². The molecule has 0 saturated heterocycles. The van der Waals surface area contributed by atoms with E-state index in [1.54, 1.807) is 12.4 Å². The van der Waals surface area contributed by atoms with Crippen molar-refractivity contribution in [3.8, 4) is 0 Å². The third-order valence-electron chi connectivity index (χ3n) is 2.12. The molecule has 94 valence electrons. The third kappa shape index (κ3) is 3.08. The van der Waals surface area contributed by atoms with E-state index in [1.165, 1.54) is 11.3 Å². The standard InChI is InChI=1S/C12H11BrN2O2S/c1-2-17-12(16)10-11(18-7-14-10)15-9-5-3-4-8(13)6-9/h3-7,15H,2H2,1H3. The van der Waals surface area contributed by atoms with E-state index in [2.05, 4.69) is 26.2 Å². The SMILES string of the molecule is CCOC(=O)c1ncsc1Nc1cccc(Br)c1. The fraction of sp³-hybridized carbons (Fsp3) is 0.167. The molecular weight excluding hydrogens is 316 g/mol. The Bertz CT molecular complexity index is 557. The predicted octanol–water partition coefficient (Wildman–Crippen LogP) is 3.83. The zero-order chi connectivity index (χ0) is 13.0. The molecule has 1 N–H and O–H groups in total. The van der Waals surface area contributed by atoms with Gasteiger partial charge in [0.05, 0.1) is 12.1 Å². The van der Waals surface area contributed by atoms with Gasteiger partial charge in [-0.05, 0) is 25.1 Å². The van der Waals surface area contributed by atoms with Crippen LogP contribution in [0.4, 0.5) is 10.7 Å². The number of aromatic nitrogens is 1. The van der Waals surface area contributed by atoms with Gasteiger partial charge in [-0.2, -0.15) is 0 Å². The molecule has 0 saturated carbocycles. The first-order chi connectivity index (χ1) is 8.70. The van der Waals surface area contributed by atoms with Crippen molar-refractivity contribution in [3.63, 3.8) is 0 Å². The van der Waals surface area contributed by atoms with Gasteiger partial charge < -0.3 is 10.1 Å². The molecule has 0 bridgehead atoms. The summed E-state index contributed by atoms with van der Waals surface area (Å²) in [6, 6.07) is 7.69. The third-order valence-corrected chi connectivity index (χ3v) is 3.35. The number of nitrogens with one attached hydrogen (secondary N) is 1. The van der Waals surface area contributed by atoms with Gasteiger partial charge in [-0.15, -0.1) is 11.3 Å². The van der Waals surface area contributed by atoms with Crippen LogP contribution >= 0.6 is 27.3 Å². The number of halogens is 1. The zero-order valence-corrected chi connectivity index (χ0v) is 12.0. The maximum absolute atomic E-state index is 11.7. The highest BCUT2D eigenvalue weighted by Gasteiger charge is 2.16. The number of anilines is 2. The minimum atomic E-state index is -0.406. The molecule has 6 heteroatoms. The minimum absolute atomic E-state index is 0.321. The Morgan fingerprint density at radius 2 is 2.39 bits per heavy atom. The molecule has 0 amide bonds. The van der Waals surface area contributed by atoms with Gasteiger partial charge in [0.25, 0.3) is 0 Å². The second-order valence-corrected chi connectivity index (χ2v) is 5.16. The largest absolute Gasteiger partial charge is 0.461 e. The normalized spacial score (nSPS) is 10.1. The Morgan fingerprint density at radius 3 is 3.11 bits per heavy atom. The van der Waals surface area contributed by atoms with E-state index in [4.69, 9.17) is 4.74 Å². The molecule has 0 aliphatic rings. The summed E-state index contributed by atoms with van der Waals surface area (Å²) in [6.07, 6.45) is 0. The van der Waals surface area contributed by atoms with Crippen LogP contribution in [0.2, 0.25) is 0 Å². The van der Waals surface area contributed by atoms with Gasteiger partial charge in [0.1, 0.15) is 5.00 Å². The number of rotatable bonds is 4. The van der Waals surface area contributed by atoms with E-state index in [-0.39, 0.29) is 0 Å². The molecular formula is C12H11BrN2O2S. The smallest absolute Gasteiger partial charge is 0.360 e. The number of hydrogen-bond acceptors (Lipinski definition) is 5. The van der Waals surface area contributed by atoms with Crippen LogP contribution in [0, 0.1) is 0 Å². The topological polar surface area (TPSA) is 51.2 Å². The van der Waals surface area contributed by atoms with Crippen molar-refractivity contribution in [1.82, 2.24) is 4.98 Å². The van der Waals surface area contributed by atoms with E-state index in [0.717, 1.165) is 10.2 Å². The summed E-state index contributed by atoms with van der Waals surface area (Å²) in [5.41, 5.74) is 2.83. The molecule has 0 radical (unpaired) electrons. The zero-order valence-electron chi connectivity index (χ0n) is 9.64. The quantitative estimate of drug-likeness (QED) is 0.867. The van der Waals surface area contributed by atoms with Gasteiger partial charge in [0.15, 0.2) is 5.69 Å². The lowest BCUT2D eigenvalue weighted by Gasteiger charge is -2.06. The molecule has 0 spiro atoms. The fourth-order valence-corrected chi connectivity index (χ4v) is 2.46. The van der Waals surface area contributed by atoms with Crippen LogP contribution in [0.25, 0.3) is 0 Å². The average molecular weight is 327 g/mol. The summed E-state index contributed by atoms with van der Waals surface area (Å²) in [7, 11) is 0. The van der Waals surface area contributed by atoms with E-state index in [0.29, 0.717) is 17.3 Å². The molecule has 0 aliphatic heterocycles. The molecule has 0 unspecified atom stereocenters. The number of carbonyl (C=O) groups excluding carboxylic acids is 1. The summed E-state index contributed by atoms with van der Waals surface area (Å²) in [5.74, 6) is -0.406. The Kier molecular flexibility index (Phi) is 4.33. The highest BCUT2D eigenvalue weighted by molar-refractivity contribution is 9.10. The monoisotopic (exact) mass is 326 g/mol. The maximum Gasteiger partial charge on any atom is 0.360 e. The number of carbonyl (C=O) groups is 1. The second-order valence-electron chi connectivity index (χ2n) is 3.39. The first-order valence-electron chi connectivity index (χ1n) is 5.34. The molecule has 1 aromatic carbocycles. The molecule has 2 aromatic rings. The molecule has 1 heterocycles. The summed E-state index contributed by atoms with van der Waals surface area (Å²) < 4.78 is 5.91. The molecule has 4 nitrogen and oxygen atoms in total. The lowest BCUT2D eigenvalue weighted by atomic mass is 10.3. The van der Waals surface area contributed by atoms with Gasteiger partial charge in [-0.3, -0.25) is 0 Å². The molecule has 2 rings (SSSR count). The van der Waals surface area contributed by atoms with E-state index in [1.807, 2.05) is 24.3 Å². The number of esters is 1. The molecule has 0 aliphatic carbocycles. The summed E-state index contributed by atoms with van der Waals surface area (Å²) >= 11 is 4.76.